The largest absolute Gasteiger partial charge is 0.399 e. The Hall–Kier alpha value is -1.06. The molecular weight excluding hydrogens is 224 g/mol. The predicted molar refractivity (Wildman–Crippen MR) is 85.6 cm³/mol. The van der Waals surface area contributed by atoms with Gasteiger partial charge in [-0.1, -0.05) is 39.5 Å². The Bertz CT molecular complexity index is 185. The van der Waals surface area contributed by atoms with Crippen molar-refractivity contribution >= 4 is 0 Å². The van der Waals surface area contributed by atoms with Gasteiger partial charge in [0.2, 0.25) is 0 Å². The summed E-state index contributed by atoms with van der Waals surface area (Å²) < 4.78 is 0. The van der Waals surface area contributed by atoms with E-state index in [0.29, 0.717) is 5.70 Å². The molecule has 0 aromatic carbocycles. The predicted octanol–water partition coefficient (Wildman–Crippen LogP) is 3.18. The maximum atomic E-state index is 8.62. The lowest BCUT2D eigenvalue weighted by atomic mass is 10.3. The Balaban J connectivity index is -0.0000000842. The van der Waals surface area contributed by atoms with Crippen LogP contribution >= 0.6 is 0 Å². The van der Waals surface area contributed by atoms with Gasteiger partial charge >= 0.3 is 0 Å². The fourth-order valence-electron chi connectivity index (χ4n) is 0.263. The van der Waals surface area contributed by atoms with Crippen molar-refractivity contribution < 1.29 is 5.11 Å². The molecule has 0 aromatic heterocycles. The van der Waals surface area contributed by atoms with Crippen LogP contribution in [-0.4, -0.2) is 36.8 Å². The highest BCUT2D eigenvalue weighted by Crippen LogP contribution is 1.85. The summed E-state index contributed by atoms with van der Waals surface area (Å²) in [6, 6.07) is 0. The third-order valence-electron chi connectivity index (χ3n) is 1.22. The minimum atomic E-state index is -0.435. The van der Waals surface area contributed by atoms with Crippen LogP contribution in [0.5, 0.6) is 0 Å². The smallest absolute Gasteiger partial charge is 0.0696 e. The summed E-state index contributed by atoms with van der Waals surface area (Å²) in [5.41, 5.74) is 5.61. The van der Waals surface area contributed by atoms with Gasteiger partial charge in [0.05, 0.1) is 6.10 Å². The van der Waals surface area contributed by atoms with Crippen molar-refractivity contribution in [2.45, 2.75) is 40.7 Å². The summed E-state index contributed by atoms with van der Waals surface area (Å²) in [6.07, 6.45) is 4.46. The fourth-order valence-corrected chi connectivity index (χ4v) is 0.263. The van der Waals surface area contributed by atoms with Crippen LogP contribution in [0.25, 0.3) is 0 Å². The van der Waals surface area contributed by atoms with Gasteiger partial charge in [-0.05, 0) is 40.6 Å². The second-order valence-electron chi connectivity index (χ2n) is 3.48. The van der Waals surface area contributed by atoms with Gasteiger partial charge in [-0.3, -0.25) is 0 Å². The van der Waals surface area contributed by atoms with E-state index in [1.807, 2.05) is 20.8 Å². The molecule has 0 saturated heterocycles. The van der Waals surface area contributed by atoms with Crippen LogP contribution in [0.1, 0.15) is 34.6 Å². The van der Waals surface area contributed by atoms with Crippen molar-refractivity contribution in [2.24, 2.45) is 5.73 Å². The van der Waals surface area contributed by atoms with Gasteiger partial charge in [0, 0.05) is 5.70 Å². The van der Waals surface area contributed by atoms with Crippen LogP contribution in [0.3, 0.4) is 0 Å². The number of aliphatic hydroxyl groups excluding tert-OH is 1. The SMILES string of the molecule is C=C(N)/C=C\C(C)O.C=CC.CC.CCN(C)C. The first kappa shape index (κ1) is 25.7. The third kappa shape index (κ3) is 82.3. The molecule has 1 unspecified atom stereocenters. The van der Waals surface area contributed by atoms with E-state index in [0.717, 1.165) is 6.54 Å². The number of nitrogens with two attached hydrogens (primary N) is 1. The van der Waals surface area contributed by atoms with E-state index in [2.05, 4.69) is 39.1 Å². The third-order valence-corrected chi connectivity index (χ3v) is 1.22. The second-order valence-corrected chi connectivity index (χ2v) is 3.48. The van der Waals surface area contributed by atoms with Gasteiger partial charge < -0.3 is 15.7 Å². The molecule has 0 rings (SSSR count). The Labute approximate surface area is 115 Å². The van der Waals surface area contributed by atoms with Gasteiger partial charge in [-0.15, -0.1) is 6.58 Å². The van der Waals surface area contributed by atoms with Crippen LogP contribution in [0.15, 0.2) is 37.1 Å². The highest BCUT2D eigenvalue weighted by molar-refractivity contribution is 5.10. The molecule has 18 heavy (non-hydrogen) atoms. The molecule has 110 valence electrons. The van der Waals surface area contributed by atoms with Gasteiger partial charge in [0.25, 0.3) is 0 Å². The topological polar surface area (TPSA) is 49.5 Å². The van der Waals surface area contributed by atoms with Crippen molar-refractivity contribution in [1.82, 2.24) is 4.90 Å². The molecule has 1 atom stereocenters. The number of hydrogen-bond donors (Lipinski definition) is 2. The number of hydrogen-bond acceptors (Lipinski definition) is 3. The summed E-state index contributed by atoms with van der Waals surface area (Å²) in [4.78, 5) is 2.12. The lowest BCUT2D eigenvalue weighted by Gasteiger charge is -2.00. The van der Waals surface area contributed by atoms with Gasteiger partial charge in [0.1, 0.15) is 0 Å². The monoisotopic (exact) mass is 258 g/mol. The zero-order chi connectivity index (χ0) is 15.6. The van der Waals surface area contributed by atoms with Crippen LogP contribution < -0.4 is 5.73 Å². The van der Waals surface area contributed by atoms with Gasteiger partial charge in [0.15, 0.2) is 0 Å². The van der Waals surface area contributed by atoms with Crippen LogP contribution in [0, 0.1) is 0 Å². The lowest BCUT2D eigenvalue weighted by Crippen LogP contribution is -2.08. The Morgan fingerprint density at radius 3 is 1.72 bits per heavy atom. The van der Waals surface area contributed by atoms with Crippen molar-refractivity contribution in [3.8, 4) is 0 Å². The van der Waals surface area contributed by atoms with E-state index >= 15 is 0 Å². The Kier molecular flexibility index (Phi) is 35.6. The first-order valence-electron chi connectivity index (χ1n) is 6.34. The molecule has 0 bridgehead atoms. The fraction of sp³-hybridized carbons (Fsp3) is 0.600. The molecule has 3 heteroatoms. The van der Waals surface area contributed by atoms with Crippen molar-refractivity contribution in [1.29, 1.82) is 0 Å². The molecule has 3 nitrogen and oxygen atoms in total. The molecule has 0 saturated carbocycles. The van der Waals surface area contributed by atoms with E-state index < -0.39 is 6.10 Å². The molecule has 0 heterocycles. The normalized spacial score (nSPS) is 10.1. The lowest BCUT2D eigenvalue weighted by molar-refractivity contribution is 0.244. The van der Waals surface area contributed by atoms with Crippen LogP contribution in [0.2, 0.25) is 0 Å². The maximum absolute atomic E-state index is 8.62. The van der Waals surface area contributed by atoms with Gasteiger partial charge in [-0.25, -0.2) is 0 Å². The minimum Gasteiger partial charge on any atom is -0.399 e. The quantitative estimate of drug-likeness (QED) is 0.604. The van der Waals surface area contributed by atoms with E-state index in [1.165, 1.54) is 0 Å². The number of aliphatic hydroxyl groups is 1. The van der Waals surface area contributed by atoms with E-state index in [9.17, 15) is 0 Å². The average Bonchev–Trinajstić information content (AvgIpc) is 2.31. The zero-order valence-electron chi connectivity index (χ0n) is 13.4. The summed E-state index contributed by atoms with van der Waals surface area (Å²) in [5, 5.41) is 8.62. The summed E-state index contributed by atoms with van der Waals surface area (Å²) >= 11 is 0. The summed E-state index contributed by atoms with van der Waals surface area (Å²) in [7, 11) is 4.11. The number of nitrogens with zero attached hydrogens (tertiary/aromatic N) is 1. The number of rotatable bonds is 3. The average molecular weight is 258 g/mol. The summed E-state index contributed by atoms with van der Waals surface area (Å²) in [5.74, 6) is 0. The standard InChI is InChI=1S/C6H11NO.C4H11N.C3H6.C2H6/c1-5(7)3-4-6(2)8;1-4-5(2)3;1-3-2;1-2/h3-4,6,8H,1,7H2,2H3;4H2,1-3H3;3H,1H2,2H3;1-2H3/b4-3-;;;. The van der Waals surface area contributed by atoms with Crippen molar-refractivity contribution in [2.75, 3.05) is 20.6 Å². The first-order valence-corrected chi connectivity index (χ1v) is 6.34. The minimum absolute atomic E-state index is 0.435. The second kappa shape index (κ2) is 25.0. The molecule has 3 N–H and O–H groups in total. The number of allylic oxidation sites excluding steroid dienone is 2. The highest BCUT2D eigenvalue weighted by atomic mass is 16.3. The highest BCUT2D eigenvalue weighted by Gasteiger charge is 1.82. The van der Waals surface area contributed by atoms with Gasteiger partial charge in [-0.2, -0.15) is 0 Å². The Morgan fingerprint density at radius 1 is 1.39 bits per heavy atom. The molecule has 0 aromatic rings. The first-order chi connectivity index (χ1) is 8.31. The maximum Gasteiger partial charge on any atom is 0.0696 e. The molecule has 0 aliphatic rings. The van der Waals surface area contributed by atoms with Crippen LogP contribution in [-0.2, 0) is 0 Å². The molecule has 0 spiro atoms. The molecule has 0 aliphatic carbocycles. The van der Waals surface area contributed by atoms with E-state index in [1.54, 1.807) is 25.2 Å². The Morgan fingerprint density at radius 2 is 1.67 bits per heavy atom. The molecule has 0 amide bonds. The molecule has 0 aliphatic heterocycles. The van der Waals surface area contributed by atoms with Crippen molar-refractivity contribution in [3.05, 3.63) is 37.1 Å². The summed E-state index contributed by atoms with van der Waals surface area (Å²) in [6.45, 7) is 17.6. The molecule has 0 radical (unpaired) electrons. The van der Waals surface area contributed by atoms with E-state index in [-0.39, 0.29) is 0 Å². The zero-order valence-corrected chi connectivity index (χ0v) is 13.4. The molecular formula is C15H34N2O. The van der Waals surface area contributed by atoms with Crippen LogP contribution in [0.4, 0.5) is 0 Å². The van der Waals surface area contributed by atoms with Crippen molar-refractivity contribution in [3.63, 3.8) is 0 Å². The molecule has 0 fully saturated rings. The van der Waals surface area contributed by atoms with E-state index in [4.69, 9.17) is 10.8 Å².